The largest absolute Gasteiger partial charge is 0.489 e. The molecule has 0 spiro atoms. The molecule has 0 saturated heterocycles. The van der Waals surface area contributed by atoms with Gasteiger partial charge in [0.1, 0.15) is 17.7 Å². The van der Waals surface area contributed by atoms with Crippen molar-refractivity contribution in [3.8, 4) is 5.75 Å². The maximum atomic E-state index is 13.3. The van der Waals surface area contributed by atoms with E-state index in [0.29, 0.717) is 11.8 Å². The van der Waals surface area contributed by atoms with Crippen molar-refractivity contribution in [2.45, 2.75) is 24.1 Å². The Bertz CT molecular complexity index is 823. The summed E-state index contributed by atoms with van der Waals surface area (Å²) in [7, 11) is -4.24. The van der Waals surface area contributed by atoms with Gasteiger partial charge in [-0.25, -0.2) is 17.5 Å². The Balaban J connectivity index is 2.09. The average Bonchev–Trinajstić information content (AvgIpc) is 2.53. The summed E-state index contributed by atoms with van der Waals surface area (Å²) in [6.45, 7) is 1.43. The normalized spacial score (nSPS) is 13.5. The van der Waals surface area contributed by atoms with Crippen LogP contribution in [0.3, 0.4) is 0 Å². The summed E-state index contributed by atoms with van der Waals surface area (Å²) in [5, 5.41) is 0. The molecule has 25 heavy (non-hydrogen) atoms. The van der Waals surface area contributed by atoms with Crippen molar-refractivity contribution in [3.05, 3.63) is 59.9 Å². The first kappa shape index (κ1) is 19.2. The van der Waals surface area contributed by atoms with Crippen molar-refractivity contribution >= 4 is 10.0 Å². The summed E-state index contributed by atoms with van der Waals surface area (Å²) in [4.78, 5) is -0.673. The van der Waals surface area contributed by atoms with Crippen LogP contribution in [0, 0.1) is 5.82 Å². The number of hydrogen-bond acceptors (Lipinski definition) is 3. The van der Waals surface area contributed by atoms with Crippen LogP contribution < -0.4 is 9.46 Å². The highest BCUT2D eigenvalue weighted by molar-refractivity contribution is 7.89. The van der Waals surface area contributed by atoms with E-state index in [2.05, 4.69) is 4.72 Å². The minimum Gasteiger partial charge on any atom is -0.489 e. The summed E-state index contributed by atoms with van der Waals surface area (Å²) in [5.41, 5.74) is -1.64. The third-order valence-electron chi connectivity index (χ3n) is 3.19. The zero-order valence-corrected chi connectivity index (χ0v) is 13.9. The zero-order valence-electron chi connectivity index (χ0n) is 13.0. The van der Waals surface area contributed by atoms with Gasteiger partial charge in [-0.2, -0.15) is 13.2 Å². The molecule has 4 nitrogen and oxygen atoms in total. The molecule has 0 aromatic heterocycles. The predicted octanol–water partition coefficient (Wildman–Crippen LogP) is 3.59. The molecular weight excluding hydrogens is 362 g/mol. The molecule has 136 valence electrons. The Morgan fingerprint density at radius 1 is 1.12 bits per heavy atom. The molecule has 0 amide bonds. The van der Waals surface area contributed by atoms with E-state index in [1.165, 1.54) is 0 Å². The number of alkyl halides is 3. The third kappa shape index (κ3) is 5.17. The summed E-state index contributed by atoms with van der Waals surface area (Å²) in [6.07, 6.45) is -5.56. The number of benzene rings is 2. The number of sulfonamides is 1. The van der Waals surface area contributed by atoms with Crippen LogP contribution in [0.5, 0.6) is 5.75 Å². The Morgan fingerprint density at radius 2 is 1.76 bits per heavy atom. The summed E-state index contributed by atoms with van der Waals surface area (Å²) >= 11 is 0. The molecule has 2 aromatic carbocycles. The van der Waals surface area contributed by atoms with E-state index >= 15 is 0 Å². The van der Waals surface area contributed by atoms with Crippen molar-refractivity contribution in [2.24, 2.45) is 0 Å². The zero-order chi connectivity index (χ0) is 18.7. The number of hydrogen-bond donors (Lipinski definition) is 1. The molecule has 0 fully saturated rings. The molecule has 0 heterocycles. The van der Waals surface area contributed by atoms with Gasteiger partial charge in [-0.15, -0.1) is 0 Å². The summed E-state index contributed by atoms with van der Waals surface area (Å²) in [5.74, 6) is -1.01. The lowest BCUT2D eigenvalue weighted by Gasteiger charge is -2.16. The van der Waals surface area contributed by atoms with Crippen LogP contribution in [-0.4, -0.2) is 21.1 Å². The molecular formula is C16H15F4NO3S. The maximum absolute atomic E-state index is 13.3. The first-order valence-electron chi connectivity index (χ1n) is 7.18. The van der Waals surface area contributed by atoms with Crippen molar-refractivity contribution < 1.29 is 30.7 Å². The minimum atomic E-state index is -4.99. The van der Waals surface area contributed by atoms with E-state index in [4.69, 9.17) is 4.74 Å². The molecule has 0 aliphatic heterocycles. The van der Waals surface area contributed by atoms with E-state index < -0.39 is 38.6 Å². The van der Waals surface area contributed by atoms with Gasteiger partial charge in [0.15, 0.2) is 0 Å². The fourth-order valence-electron chi connectivity index (χ4n) is 1.97. The fourth-order valence-corrected chi connectivity index (χ4v) is 3.11. The van der Waals surface area contributed by atoms with Crippen molar-refractivity contribution in [1.29, 1.82) is 0 Å². The highest BCUT2D eigenvalue weighted by Gasteiger charge is 2.35. The van der Waals surface area contributed by atoms with E-state index in [1.54, 1.807) is 37.3 Å². The molecule has 9 heteroatoms. The van der Waals surface area contributed by atoms with Gasteiger partial charge in [-0.3, -0.25) is 0 Å². The average molecular weight is 377 g/mol. The molecule has 0 saturated carbocycles. The fraction of sp³-hybridized carbons (Fsp3) is 0.250. The number of halogens is 4. The molecule has 0 bridgehead atoms. The quantitative estimate of drug-likeness (QED) is 0.783. The van der Waals surface area contributed by atoms with Gasteiger partial charge < -0.3 is 4.74 Å². The molecule has 2 aromatic rings. The second kappa shape index (κ2) is 7.40. The van der Waals surface area contributed by atoms with Crippen LogP contribution >= 0.6 is 0 Å². The molecule has 0 radical (unpaired) electrons. The lowest BCUT2D eigenvalue weighted by molar-refractivity contribution is -0.140. The van der Waals surface area contributed by atoms with Gasteiger partial charge in [-0.05, 0) is 37.3 Å². The first-order chi connectivity index (χ1) is 11.6. The van der Waals surface area contributed by atoms with Gasteiger partial charge in [0.25, 0.3) is 0 Å². The Labute approximate surface area is 142 Å². The van der Waals surface area contributed by atoms with Gasteiger partial charge in [-0.1, -0.05) is 18.2 Å². The highest BCUT2D eigenvalue weighted by atomic mass is 32.2. The molecule has 2 rings (SSSR count). The Hall–Kier alpha value is -2.13. The second-order valence-corrected chi connectivity index (χ2v) is 7.00. The molecule has 1 unspecified atom stereocenters. The SMILES string of the molecule is CC(CNS(=O)(=O)c1ccc(F)c(C(F)(F)F)c1)Oc1ccccc1. The van der Waals surface area contributed by atoms with Gasteiger partial charge in [0.05, 0.1) is 10.5 Å². The van der Waals surface area contributed by atoms with Crippen LogP contribution in [0.1, 0.15) is 12.5 Å². The summed E-state index contributed by atoms with van der Waals surface area (Å²) < 4.78 is 83.2. The number of nitrogens with one attached hydrogen (secondary N) is 1. The van der Waals surface area contributed by atoms with E-state index in [9.17, 15) is 26.0 Å². The standard InChI is InChI=1S/C16H15F4NO3S/c1-11(24-12-5-3-2-4-6-12)10-21-25(22,23)13-7-8-15(17)14(9-13)16(18,19)20/h2-9,11,21H,10H2,1H3. The number of rotatable bonds is 6. The topological polar surface area (TPSA) is 55.4 Å². The van der Waals surface area contributed by atoms with Gasteiger partial charge in [0, 0.05) is 6.54 Å². The minimum absolute atomic E-state index is 0.171. The van der Waals surface area contributed by atoms with E-state index in [0.717, 1.165) is 6.07 Å². The van der Waals surface area contributed by atoms with Crippen molar-refractivity contribution in [1.82, 2.24) is 4.72 Å². The molecule has 0 aliphatic rings. The second-order valence-electron chi connectivity index (χ2n) is 5.23. The molecule has 1 atom stereocenters. The smallest absolute Gasteiger partial charge is 0.419 e. The van der Waals surface area contributed by atoms with Crippen LogP contribution in [0.15, 0.2) is 53.4 Å². The third-order valence-corrected chi connectivity index (χ3v) is 4.62. The predicted molar refractivity (Wildman–Crippen MR) is 83.1 cm³/mol. The number of ether oxygens (including phenoxy) is 1. The van der Waals surface area contributed by atoms with Gasteiger partial charge in [0.2, 0.25) is 10.0 Å². The summed E-state index contributed by atoms with van der Waals surface area (Å²) in [6, 6.07) is 10.1. The lowest BCUT2D eigenvalue weighted by atomic mass is 10.2. The van der Waals surface area contributed by atoms with Crippen molar-refractivity contribution in [3.63, 3.8) is 0 Å². The van der Waals surface area contributed by atoms with Crippen LogP contribution in [0.2, 0.25) is 0 Å². The van der Waals surface area contributed by atoms with Gasteiger partial charge >= 0.3 is 6.18 Å². The highest BCUT2D eigenvalue weighted by Crippen LogP contribution is 2.32. The Morgan fingerprint density at radius 3 is 2.36 bits per heavy atom. The van der Waals surface area contributed by atoms with E-state index in [-0.39, 0.29) is 12.6 Å². The first-order valence-corrected chi connectivity index (χ1v) is 8.66. The molecule has 1 N–H and O–H groups in total. The maximum Gasteiger partial charge on any atom is 0.419 e. The lowest BCUT2D eigenvalue weighted by Crippen LogP contribution is -2.33. The Kier molecular flexibility index (Phi) is 5.69. The van der Waals surface area contributed by atoms with Crippen LogP contribution in [-0.2, 0) is 16.2 Å². The molecule has 0 aliphatic carbocycles. The monoisotopic (exact) mass is 377 g/mol. The number of para-hydroxylation sites is 1. The van der Waals surface area contributed by atoms with Crippen molar-refractivity contribution in [2.75, 3.05) is 6.54 Å². The van der Waals surface area contributed by atoms with E-state index in [1.807, 2.05) is 0 Å². The van der Waals surface area contributed by atoms with Crippen LogP contribution in [0.4, 0.5) is 17.6 Å². The van der Waals surface area contributed by atoms with Crippen LogP contribution in [0.25, 0.3) is 0 Å².